The lowest BCUT2D eigenvalue weighted by Crippen LogP contribution is -2.10. The average molecular weight is 284 g/mol. The van der Waals surface area contributed by atoms with Crippen molar-refractivity contribution >= 4 is 17.3 Å². The third kappa shape index (κ3) is 4.07. The normalized spacial score (nSPS) is 11.8. The maximum atomic E-state index is 11.1. The van der Waals surface area contributed by atoms with E-state index in [1.54, 1.807) is 0 Å². The molecule has 4 heteroatoms. The molecule has 21 heavy (non-hydrogen) atoms. The molecule has 1 amide bonds. The number of hydrogen-bond donors (Lipinski definition) is 3. The van der Waals surface area contributed by atoms with Gasteiger partial charge in [-0.15, -0.1) is 0 Å². The Morgan fingerprint density at radius 1 is 1.19 bits per heavy atom. The van der Waals surface area contributed by atoms with Crippen LogP contribution in [0, 0.1) is 0 Å². The summed E-state index contributed by atoms with van der Waals surface area (Å²) in [7, 11) is 0. The van der Waals surface area contributed by atoms with Gasteiger partial charge in [-0.2, -0.15) is 0 Å². The second-order valence-electron chi connectivity index (χ2n) is 4.99. The van der Waals surface area contributed by atoms with Crippen molar-refractivity contribution in [2.45, 2.75) is 26.5 Å². The van der Waals surface area contributed by atoms with Crippen molar-refractivity contribution in [3.63, 3.8) is 0 Å². The van der Waals surface area contributed by atoms with Crippen LogP contribution in [0.3, 0.4) is 0 Å². The Balaban J connectivity index is 2.16. The number of anilines is 2. The minimum absolute atomic E-state index is 0.00181. The van der Waals surface area contributed by atoms with Gasteiger partial charge in [-0.3, -0.25) is 4.79 Å². The molecule has 0 aliphatic heterocycles. The van der Waals surface area contributed by atoms with Crippen molar-refractivity contribution in [3.05, 3.63) is 59.7 Å². The predicted molar refractivity (Wildman–Crippen MR) is 85.1 cm³/mol. The third-order valence-electron chi connectivity index (χ3n) is 3.27. The van der Waals surface area contributed by atoms with Crippen LogP contribution < -0.4 is 10.6 Å². The Bertz CT molecular complexity index is 626. The number of amides is 1. The van der Waals surface area contributed by atoms with E-state index in [0.29, 0.717) is 0 Å². The molecule has 0 spiro atoms. The lowest BCUT2D eigenvalue weighted by molar-refractivity contribution is -0.114. The fourth-order valence-electron chi connectivity index (χ4n) is 2.20. The minimum Gasteiger partial charge on any atom is -0.392 e. The summed E-state index contributed by atoms with van der Waals surface area (Å²) in [6, 6.07) is 15.5. The zero-order valence-electron chi connectivity index (χ0n) is 12.3. The van der Waals surface area contributed by atoms with Crippen LogP contribution in [0.25, 0.3) is 0 Å². The van der Waals surface area contributed by atoms with E-state index in [2.05, 4.69) is 10.6 Å². The Kier molecular flexibility index (Phi) is 4.95. The molecule has 0 bridgehead atoms. The van der Waals surface area contributed by atoms with Gasteiger partial charge in [0.25, 0.3) is 0 Å². The van der Waals surface area contributed by atoms with Crippen LogP contribution in [0.1, 0.15) is 31.0 Å². The lowest BCUT2D eigenvalue weighted by atomic mass is 10.1. The number of aliphatic hydroxyl groups is 1. The van der Waals surface area contributed by atoms with Crippen LogP contribution in [0.2, 0.25) is 0 Å². The number of benzene rings is 2. The number of carbonyl (C=O) groups is 1. The zero-order chi connectivity index (χ0) is 15.2. The third-order valence-corrected chi connectivity index (χ3v) is 3.27. The summed E-state index contributed by atoms with van der Waals surface area (Å²) >= 11 is 0. The molecular weight excluding hydrogens is 264 g/mol. The summed E-state index contributed by atoms with van der Waals surface area (Å²) in [6.45, 7) is 3.54. The molecule has 0 aliphatic rings. The number of carbonyl (C=O) groups excluding carboxylic acids is 1. The first-order chi connectivity index (χ1) is 10.1. The van der Waals surface area contributed by atoms with Crippen LogP contribution in [-0.2, 0) is 11.4 Å². The SMILES string of the molecule is CC(=O)Nc1cccc(C(C)Nc2ccccc2CO)c1. The van der Waals surface area contributed by atoms with E-state index in [9.17, 15) is 9.90 Å². The maximum absolute atomic E-state index is 11.1. The fraction of sp³-hybridized carbons (Fsp3) is 0.235. The Morgan fingerprint density at radius 3 is 2.67 bits per heavy atom. The summed E-state index contributed by atoms with van der Waals surface area (Å²) in [5.41, 5.74) is 3.62. The first-order valence-corrected chi connectivity index (χ1v) is 6.93. The van der Waals surface area contributed by atoms with Crippen LogP contribution in [0.15, 0.2) is 48.5 Å². The largest absolute Gasteiger partial charge is 0.392 e. The summed E-state index contributed by atoms with van der Waals surface area (Å²) in [5, 5.41) is 15.5. The number of para-hydroxylation sites is 1. The van der Waals surface area contributed by atoms with E-state index in [1.165, 1.54) is 6.92 Å². The predicted octanol–water partition coefficient (Wildman–Crippen LogP) is 3.31. The zero-order valence-corrected chi connectivity index (χ0v) is 12.3. The molecule has 3 N–H and O–H groups in total. The molecule has 0 aliphatic carbocycles. The molecule has 1 unspecified atom stereocenters. The summed E-state index contributed by atoms with van der Waals surface area (Å²) in [5.74, 6) is -0.0848. The van der Waals surface area contributed by atoms with Crippen LogP contribution >= 0.6 is 0 Å². The van der Waals surface area contributed by atoms with Gasteiger partial charge in [0.1, 0.15) is 0 Å². The fourth-order valence-corrected chi connectivity index (χ4v) is 2.20. The van der Waals surface area contributed by atoms with Crippen molar-refractivity contribution in [3.8, 4) is 0 Å². The van der Waals surface area contributed by atoms with Crippen LogP contribution in [-0.4, -0.2) is 11.0 Å². The van der Waals surface area contributed by atoms with Gasteiger partial charge < -0.3 is 15.7 Å². The van der Waals surface area contributed by atoms with Crippen molar-refractivity contribution in [1.29, 1.82) is 0 Å². The van der Waals surface area contributed by atoms with Crippen LogP contribution in [0.5, 0.6) is 0 Å². The Morgan fingerprint density at radius 2 is 1.95 bits per heavy atom. The maximum Gasteiger partial charge on any atom is 0.221 e. The molecular formula is C17H20N2O2. The quantitative estimate of drug-likeness (QED) is 0.789. The molecule has 1 atom stereocenters. The summed E-state index contributed by atoms with van der Waals surface area (Å²) in [6.07, 6.45) is 0. The van der Waals surface area contributed by atoms with Gasteiger partial charge in [0.05, 0.1) is 6.61 Å². The van der Waals surface area contributed by atoms with Gasteiger partial charge in [-0.05, 0) is 30.7 Å². The minimum atomic E-state index is -0.0848. The molecule has 2 aromatic rings. The van der Waals surface area contributed by atoms with Crippen molar-refractivity contribution in [1.82, 2.24) is 0 Å². The molecule has 0 fully saturated rings. The molecule has 2 aromatic carbocycles. The Labute approximate surface area is 124 Å². The highest BCUT2D eigenvalue weighted by Crippen LogP contribution is 2.24. The molecule has 110 valence electrons. The van der Waals surface area contributed by atoms with E-state index in [-0.39, 0.29) is 18.6 Å². The van der Waals surface area contributed by atoms with Gasteiger partial charge >= 0.3 is 0 Å². The van der Waals surface area contributed by atoms with E-state index in [0.717, 1.165) is 22.5 Å². The molecule has 4 nitrogen and oxygen atoms in total. The van der Waals surface area contributed by atoms with E-state index < -0.39 is 0 Å². The van der Waals surface area contributed by atoms with E-state index in [4.69, 9.17) is 0 Å². The van der Waals surface area contributed by atoms with Gasteiger partial charge in [0.2, 0.25) is 5.91 Å². The average Bonchev–Trinajstić information content (AvgIpc) is 2.47. The van der Waals surface area contributed by atoms with Crippen molar-refractivity contribution in [2.75, 3.05) is 10.6 Å². The summed E-state index contributed by atoms with van der Waals surface area (Å²) < 4.78 is 0. The van der Waals surface area contributed by atoms with Gasteiger partial charge in [-0.1, -0.05) is 30.3 Å². The van der Waals surface area contributed by atoms with Crippen molar-refractivity contribution in [2.24, 2.45) is 0 Å². The number of rotatable bonds is 5. The highest BCUT2D eigenvalue weighted by Gasteiger charge is 2.08. The topological polar surface area (TPSA) is 61.4 Å². The Hall–Kier alpha value is -2.33. The smallest absolute Gasteiger partial charge is 0.221 e. The molecule has 2 rings (SSSR count). The molecule has 0 aromatic heterocycles. The number of nitrogens with one attached hydrogen (secondary N) is 2. The second kappa shape index (κ2) is 6.90. The van der Waals surface area contributed by atoms with E-state index in [1.807, 2.05) is 55.5 Å². The van der Waals surface area contributed by atoms with Crippen LogP contribution in [0.4, 0.5) is 11.4 Å². The molecule has 0 radical (unpaired) electrons. The molecule has 0 heterocycles. The second-order valence-corrected chi connectivity index (χ2v) is 4.99. The number of aliphatic hydroxyl groups excluding tert-OH is 1. The van der Waals surface area contributed by atoms with Crippen molar-refractivity contribution < 1.29 is 9.90 Å². The van der Waals surface area contributed by atoms with Gasteiger partial charge in [0, 0.05) is 29.9 Å². The first-order valence-electron chi connectivity index (χ1n) is 6.93. The van der Waals surface area contributed by atoms with Gasteiger partial charge in [-0.25, -0.2) is 0 Å². The lowest BCUT2D eigenvalue weighted by Gasteiger charge is -2.18. The highest BCUT2D eigenvalue weighted by atomic mass is 16.3. The first kappa shape index (κ1) is 15.1. The molecule has 0 saturated carbocycles. The van der Waals surface area contributed by atoms with Gasteiger partial charge in [0.15, 0.2) is 0 Å². The highest BCUT2D eigenvalue weighted by molar-refractivity contribution is 5.88. The number of hydrogen-bond acceptors (Lipinski definition) is 3. The van der Waals surface area contributed by atoms with E-state index >= 15 is 0 Å². The standard InChI is InChI=1S/C17H20N2O2/c1-12(18-17-9-4-3-6-15(17)11-20)14-7-5-8-16(10-14)19-13(2)21/h3-10,12,18,20H,11H2,1-2H3,(H,19,21). The summed E-state index contributed by atoms with van der Waals surface area (Å²) in [4.78, 5) is 11.1. The monoisotopic (exact) mass is 284 g/mol. The molecule has 0 saturated heterocycles.